The fourth-order valence-electron chi connectivity index (χ4n) is 2.71. The average molecular weight is 390 g/mol. The Bertz CT molecular complexity index is 972. The van der Waals surface area contributed by atoms with Crippen LogP contribution >= 0.6 is 0 Å². The number of ether oxygens (including phenoxy) is 2. The zero-order valence-electron chi connectivity index (χ0n) is 15.5. The highest BCUT2D eigenvalue weighted by molar-refractivity contribution is 7.88. The molecule has 0 aromatic heterocycles. The van der Waals surface area contributed by atoms with Gasteiger partial charge < -0.3 is 14.8 Å². The number of amides is 1. The highest BCUT2D eigenvalue weighted by atomic mass is 32.2. The lowest BCUT2D eigenvalue weighted by Crippen LogP contribution is -2.36. The van der Waals surface area contributed by atoms with Crippen molar-refractivity contribution >= 4 is 21.6 Å². The van der Waals surface area contributed by atoms with Crippen LogP contribution in [0.25, 0.3) is 0 Å². The van der Waals surface area contributed by atoms with Crippen molar-refractivity contribution in [2.75, 3.05) is 24.9 Å². The Labute approximate surface area is 158 Å². The standard InChI is InChI=1S/C19H22N2O5S/c1-13-4-6-16(8-14(13)2)20-19(22)11-21(27(3,23)24)10-15-5-7-17-18(9-15)26-12-25-17/h4-9H,10-12H2,1-3H3,(H,20,22). The summed E-state index contributed by atoms with van der Waals surface area (Å²) in [4.78, 5) is 12.4. The van der Waals surface area contributed by atoms with Crippen molar-refractivity contribution in [2.45, 2.75) is 20.4 Å². The van der Waals surface area contributed by atoms with E-state index in [-0.39, 0.29) is 19.9 Å². The molecule has 1 aliphatic rings. The van der Waals surface area contributed by atoms with E-state index in [2.05, 4.69) is 5.32 Å². The smallest absolute Gasteiger partial charge is 0.239 e. The van der Waals surface area contributed by atoms with Gasteiger partial charge in [-0.3, -0.25) is 4.79 Å². The van der Waals surface area contributed by atoms with Gasteiger partial charge in [-0.2, -0.15) is 4.31 Å². The van der Waals surface area contributed by atoms with E-state index in [9.17, 15) is 13.2 Å². The van der Waals surface area contributed by atoms with Crippen LogP contribution in [0.15, 0.2) is 36.4 Å². The lowest BCUT2D eigenvalue weighted by atomic mass is 10.1. The summed E-state index contributed by atoms with van der Waals surface area (Å²) in [6, 6.07) is 10.8. The predicted octanol–water partition coefficient (Wildman–Crippen LogP) is 2.43. The van der Waals surface area contributed by atoms with Gasteiger partial charge in [0.25, 0.3) is 0 Å². The molecule has 7 nitrogen and oxygen atoms in total. The Morgan fingerprint density at radius 3 is 2.52 bits per heavy atom. The first kappa shape index (κ1) is 19.2. The maximum Gasteiger partial charge on any atom is 0.239 e. The van der Waals surface area contributed by atoms with Crippen molar-refractivity contribution in [2.24, 2.45) is 0 Å². The highest BCUT2D eigenvalue weighted by Crippen LogP contribution is 2.33. The first-order chi connectivity index (χ1) is 12.7. The third-order valence-corrected chi connectivity index (χ3v) is 5.57. The SMILES string of the molecule is Cc1ccc(NC(=O)CN(Cc2ccc3c(c2)OCO3)S(C)(=O)=O)cc1C. The molecule has 0 saturated carbocycles. The maximum atomic E-state index is 12.4. The molecule has 3 rings (SSSR count). The molecule has 0 spiro atoms. The van der Waals surface area contributed by atoms with Crippen molar-refractivity contribution in [3.05, 3.63) is 53.1 Å². The number of benzene rings is 2. The zero-order valence-corrected chi connectivity index (χ0v) is 16.3. The van der Waals surface area contributed by atoms with Gasteiger partial charge in [0.2, 0.25) is 22.7 Å². The largest absolute Gasteiger partial charge is 0.454 e. The lowest BCUT2D eigenvalue weighted by Gasteiger charge is -2.20. The minimum absolute atomic E-state index is 0.0653. The van der Waals surface area contributed by atoms with Crippen LogP contribution in [0.5, 0.6) is 11.5 Å². The number of aryl methyl sites for hydroxylation is 2. The fourth-order valence-corrected chi connectivity index (χ4v) is 3.45. The summed E-state index contributed by atoms with van der Waals surface area (Å²) in [7, 11) is -3.58. The normalized spacial score (nSPS) is 13.0. The van der Waals surface area contributed by atoms with E-state index >= 15 is 0 Å². The van der Waals surface area contributed by atoms with Gasteiger partial charge in [-0.1, -0.05) is 12.1 Å². The molecule has 27 heavy (non-hydrogen) atoms. The van der Waals surface area contributed by atoms with Crippen LogP contribution in [0.4, 0.5) is 5.69 Å². The van der Waals surface area contributed by atoms with E-state index in [4.69, 9.17) is 9.47 Å². The molecule has 1 N–H and O–H groups in total. The van der Waals surface area contributed by atoms with E-state index in [0.717, 1.165) is 21.7 Å². The van der Waals surface area contributed by atoms with Crippen LogP contribution in [-0.4, -0.2) is 38.2 Å². The van der Waals surface area contributed by atoms with Crippen LogP contribution in [-0.2, 0) is 21.4 Å². The number of hydrogen-bond donors (Lipinski definition) is 1. The molecule has 2 aromatic carbocycles. The molecule has 2 aromatic rings. The Kier molecular flexibility index (Phi) is 5.38. The molecule has 0 saturated heterocycles. The molecule has 8 heteroatoms. The summed E-state index contributed by atoms with van der Waals surface area (Å²) >= 11 is 0. The summed E-state index contributed by atoms with van der Waals surface area (Å²) in [5, 5.41) is 2.75. The average Bonchev–Trinajstić information content (AvgIpc) is 3.04. The molecule has 1 heterocycles. The number of nitrogens with one attached hydrogen (secondary N) is 1. The molecule has 0 atom stereocenters. The second kappa shape index (κ2) is 7.58. The quantitative estimate of drug-likeness (QED) is 0.819. The Balaban J connectivity index is 1.71. The maximum absolute atomic E-state index is 12.4. The van der Waals surface area contributed by atoms with Gasteiger partial charge in [0.05, 0.1) is 12.8 Å². The Hall–Kier alpha value is -2.58. The molecule has 0 bridgehead atoms. The molecular weight excluding hydrogens is 368 g/mol. The van der Waals surface area contributed by atoms with E-state index in [0.29, 0.717) is 22.7 Å². The van der Waals surface area contributed by atoms with E-state index < -0.39 is 15.9 Å². The number of carbonyl (C=O) groups is 1. The van der Waals surface area contributed by atoms with Gasteiger partial charge in [0.15, 0.2) is 11.5 Å². The first-order valence-corrected chi connectivity index (χ1v) is 10.3. The van der Waals surface area contributed by atoms with Crippen molar-refractivity contribution in [3.63, 3.8) is 0 Å². The minimum atomic E-state index is -3.58. The van der Waals surface area contributed by atoms with Crippen molar-refractivity contribution in [1.82, 2.24) is 4.31 Å². The number of sulfonamides is 1. The Morgan fingerprint density at radius 2 is 1.81 bits per heavy atom. The minimum Gasteiger partial charge on any atom is -0.454 e. The van der Waals surface area contributed by atoms with Crippen LogP contribution in [0.2, 0.25) is 0 Å². The molecule has 1 amide bonds. The molecule has 0 unspecified atom stereocenters. The first-order valence-electron chi connectivity index (χ1n) is 8.43. The lowest BCUT2D eigenvalue weighted by molar-refractivity contribution is -0.116. The monoisotopic (exact) mass is 390 g/mol. The van der Waals surface area contributed by atoms with Gasteiger partial charge in [0.1, 0.15) is 0 Å². The van der Waals surface area contributed by atoms with Gasteiger partial charge in [-0.15, -0.1) is 0 Å². The van der Waals surface area contributed by atoms with Crippen LogP contribution in [0.1, 0.15) is 16.7 Å². The van der Waals surface area contributed by atoms with Gasteiger partial charge >= 0.3 is 0 Å². The van der Waals surface area contributed by atoms with Crippen molar-refractivity contribution < 1.29 is 22.7 Å². The number of fused-ring (bicyclic) bond motifs is 1. The summed E-state index contributed by atoms with van der Waals surface area (Å²) in [5.74, 6) is 0.794. The molecule has 1 aliphatic heterocycles. The van der Waals surface area contributed by atoms with E-state index in [1.165, 1.54) is 0 Å². The molecule has 144 valence electrons. The number of hydrogen-bond acceptors (Lipinski definition) is 5. The van der Waals surface area contributed by atoms with Gasteiger partial charge in [-0.05, 0) is 54.8 Å². The van der Waals surface area contributed by atoms with Crippen molar-refractivity contribution in [3.8, 4) is 11.5 Å². The number of rotatable bonds is 6. The Morgan fingerprint density at radius 1 is 1.07 bits per heavy atom. The van der Waals surface area contributed by atoms with E-state index in [1.807, 2.05) is 26.0 Å². The van der Waals surface area contributed by atoms with Crippen LogP contribution < -0.4 is 14.8 Å². The summed E-state index contributed by atoms with van der Waals surface area (Å²) in [6.45, 7) is 3.87. The van der Waals surface area contributed by atoms with Crippen molar-refractivity contribution in [1.29, 1.82) is 0 Å². The number of carbonyl (C=O) groups excluding carboxylic acids is 1. The van der Waals surface area contributed by atoms with Gasteiger partial charge in [0, 0.05) is 12.2 Å². The fraction of sp³-hybridized carbons (Fsp3) is 0.316. The summed E-state index contributed by atoms with van der Waals surface area (Å²) < 4.78 is 36.0. The summed E-state index contributed by atoms with van der Waals surface area (Å²) in [6.07, 6.45) is 1.09. The third-order valence-electron chi connectivity index (χ3n) is 4.38. The molecule has 0 aliphatic carbocycles. The number of anilines is 1. The topological polar surface area (TPSA) is 84.9 Å². The predicted molar refractivity (Wildman–Crippen MR) is 102 cm³/mol. The van der Waals surface area contributed by atoms with E-state index in [1.54, 1.807) is 24.3 Å². The second-order valence-electron chi connectivity index (χ2n) is 6.57. The van der Waals surface area contributed by atoms with Gasteiger partial charge in [-0.25, -0.2) is 8.42 Å². The molecular formula is C19H22N2O5S. The zero-order chi connectivity index (χ0) is 19.6. The molecule has 0 radical (unpaired) electrons. The van der Waals surface area contributed by atoms with Crippen LogP contribution in [0, 0.1) is 13.8 Å². The molecule has 0 fully saturated rings. The number of nitrogens with zero attached hydrogens (tertiary/aromatic N) is 1. The summed E-state index contributed by atoms with van der Waals surface area (Å²) in [5.41, 5.74) is 3.52. The highest BCUT2D eigenvalue weighted by Gasteiger charge is 2.22. The third kappa shape index (κ3) is 4.78. The second-order valence-corrected chi connectivity index (χ2v) is 8.55. The van der Waals surface area contributed by atoms with Crippen LogP contribution in [0.3, 0.4) is 0 Å².